The van der Waals surface area contributed by atoms with Gasteiger partial charge in [0.25, 0.3) is 5.91 Å². The van der Waals surface area contributed by atoms with Crippen molar-refractivity contribution in [2.45, 2.75) is 12.8 Å². The minimum atomic E-state index is -0.0335. The van der Waals surface area contributed by atoms with Crippen LogP contribution in [-0.2, 0) is 0 Å². The molecule has 0 unspecified atom stereocenters. The van der Waals surface area contributed by atoms with Crippen LogP contribution in [-0.4, -0.2) is 30.5 Å². The lowest BCUT2D eigenvalue weighted by atomic mass is 9.96. The molecule has 2 heterocycles. The molecule has 1 fully saturated rings. The van der Waals surface area contributed by atoms with Gasteiger partial charge in [-0.25, -0.2) is 4.98 Å². The third kappa shape index (κ3) is 4.23. The van der Waals surface area contributed by atoms with Crippen molar-refractivity contribution < 1.29 is 4.79 Å². The van der Waals surface area contributed by atoms with Crippen molar-refractivity contribution >= 4 is 23.3 Å². The van der Waals surface area contributed by atoms with Crippen LogP contribution in [0.1, 0.15) is 23.2 Å². The van der Waals surface area contributed by atoms with Crippen LogP contribution < -0.4 is 10.2 Å². The van der Waals surface area contributed by atoms with E-state index in [1.54, 1.807) is 24.3 Å². The average molecular weight is 330 g/mol. The lowest BCUT2D eigenvalue weighted by molar-refractivity contribution is 0.0945. The Balaban J connectivity index is 1.46. The van der Waals surface area contributed by atoms with E-state index in [9.17, 15) is 4.79 Å². The molecule has 1 aliphatic heterocycles. The highest BCUT2D eigenvalue weighted by Gasteiger charge is 2.20. The highest BCUT2D eigenvalue weighted by molar-refractivity contribution is 6.30. The van der Waals surface area contributed by atoms with E-state index in [4.69, 9.17) is 11.6 Å². The average Bonchev–Trinajstić information content (AvgIpc) is 2.61. The zero-order valence-electron chi connectivity index (χ0n) is 12.9. The lowest BCUT2D eigenvalue weighted by Crippen LogP contribution is -2.39. The fourth-order valence-electron chi connectivity index (χ4n) is 2.85. The molecule has 1 aromatic heterocycles. The molecule has 120 valence electrons. The third-order valence-electron chi connectivity index (χ3n) is 4.25. The molecule has 2 aromatic rings. The van der Waals surface area contributed by atoms with Gasteiger partial charge in [-0.3, -0.25) is 4.79 Å². The van der Waals surface area contributed by atoms with Gasteiger partial charge in [0.1, 0.15) is 5.82 Å². The Morgan fingerprint density at radius 2 is 1.91 bits per heavy atom. The highest BCUT2D eigenvalue weighted by atomic mass is 35.5. The second-order valence-corrected chi connectivity index (χ2v) is 6.27. The smallest absolute Gasteiger partial charge is 0.251 e. The number of piperidine rings is 1. The Hall–Kier alpha value is -2.07. The Morgan fingerprint density at radius 1 is 1.17 bits per heavy atom. The van der Waals surface area contributed by atoms with Crippen LogP contribution in [0, 0.1) is 5.92 Å². The van der Waals surface area contributed by atoms with Gasteiger partial charge >= 0.3 is 0 Å². The topological polar surface area (TPSA) is 45.2 Å². The van der Waals surface area contributed by atoms with Gasteiger partial charge in [-0.2, -0.15) is 0 Å². The van der Waals surface area contributed by atoms with Crippen molar-refractivity contribution in [3.63, 3.8) is 0 Å². The highest BCUT2D eigenvalue weighted by Crippen LogP contribution is 2.21. The van der Waals surface area contributed by atoms with Crippen LogP contribution in [0.15, 0.2) is 48.7 Å². The first kappa shape index (κ1) is 15.8. The quantitative estimate of drug-likeness (QED) is 0.935. The number of pyridine rings is 1. The molecule has 1 amide bonds. The number of carbonyl (C=O) groups is 1. The van der Waals surface area contributed by atoms with Crippen LogP contribution in [0.3, 0.4) is 0 Å². The van der Waals surface area contributed by atoms with E-state index >= 15 is 0 Å². The number of halogens is 1. The van der Waals surface area contributed by atoms with Crippen molar-refractivity contribution in [1.82, 2.24) is 10.3 Å². The molecule has 0 atom stereocenters. The molecule has 3 rings (SSSR count). The molecule has 1 aliphatic rings. The molecule has 1 saturated heterocycles. The molecular weight excluding hydrogens is 310 g/mol. The lowest BCUT2D eigenvalue weighted by Gasteiger charge is -2.32. The van der Waals surface area contributed by atoms with Gasteiger partial charge in [-0.05, 0) is 55.2 Å². The summed E-state index contributed by atoms with van der Waals surface area (Å²) in [6.45, 7) is 2.69. The van der Waals surface area contributed by atoms with Crippen molar-refractivity contribution in [2.75, 3.05) is 24.5 Å². The summed E-state index contributed by atoms with van der Waals surface area (Å²) in [5.41, 5.74) is 0.653. The zero-order valence-corrected chi connectivity index (χ0v) is 13.7. The van der Waals surface area contributed by atoms with Gasteiger partial charge in [-0.15, -0.1) is 0 Å². The largest absolute Gasteiger partial charge is 0.357 e. The number of nitrogens with zero attached hydrogens (tertiary/aromatic N) is 2. The Morgan fingerprint density at radius 3 is 2.57 bits per heavy atom. The van der Waals surface area contributed by atoms with Gasteiger partial charge in [0.05, 0.1) is 0 Å². The van der Waals surface area contributed by atoms with Gasteiger partial charge in [0.15, 0.2) is 0 Å². The second-order valence-electron chi connectivity index (χ2n) is 5.84. The van der Waals surface area contributed by atoms with Gasteiger partial charge in [0, 0.05) is 36.4 Å². The van der Waals surface area contributed by atoms with Crippen LogP contribution in [0.5, 0.6) is 0 Å². The van der Waals surface area contributed by atoms with E-state index < -0.39 is 0 Å². The Kier molecular flexibility index (Phi) is 5.13. The summed E-state index contributed by atoms with van der Waals surface area (Å²) in [5.74, 6) is 1.52. The monoisotopic (exact) mass is 329 g/mol. The number of rotatable bonds is 4. The van der Waals surface area contributed by atoms with Crippen molar-refractivity contribution in [2.24, 2.45) is 5.92 Å². The SMILES string of the molecule is O=C(NCC1CCN(c2ccccn2)CC1)c1ccc(Cl)cc1. The maximum Gasteiger partial charge on any atom is 0.251 e. The maximum atomic E-state index is 12.1. The fourth-order valence-corrected chi connectivity index (χ4v) is 2.97. The van der Waals surface area contributed by atoms with E-state index in [0.29, 0.717) is 16.5 Å². The normalized spacial score (nSPS) is 15.4. The number of carbonyl (C=O) groups excluding carboxylic acids is 1. The predicted octanol–water partition coefficient (Wildman–Crippen LogP) is 3.38. The molecule has 0 spiro atoms. The number of benzene rings is 1. The minimum absolute atomic E-state index is 0.0335. The van der Waals surface area contributed by atoms with Gasteiger partial charge in [0.2, 0.25) is 0 Å². The minimum Gasteiger partial charge on any atom is -0.357 e. The molecule has 0 aliphatic carbocycles. The number of amides is 1. The molecule has 1 N–H and O–H groups in total. The maximum absolute atomic E-state index is 12.1. The van der Waals surface area contributed by atoms with Crippen LogP contribution in [0.4, 0.5) is 5.82 Å². The Labute approximate surface area is 141 Å². The van der Waals surface area contributed by atoms with Crippen LogP contribution in [0.2, 0.25) is 5.02 Å². The molecule has 0 saturated carbocycles. The van der Waals surface area contributed by atoms with E-state index in [-0.39, 0.29) is 5.91 Å². The van der Waals surface area contributed by atoms with Gasteiger partial charge in [-0.1, -0.05) is 17.7 Å². The summed E-state index contributed by atoms with van der Waals surface area (Å²) in [6, 6.07) is 13.0. The van der Waals surface area contributed by atoms with Gasteiger partial charge < -0.3 is 10.2 Å². The molecule has 4 nitrogen and oxygen atoms in total. The summed E-state index contributed by atoms with van der Waals surface area (Å²) in [4.78, 5) is 18.8. The molecule has 5 heteroatoms. The number of hydrogen-bond donors (Lipinski definition) is 1. The number of aromatic nitrogens is 1. The van der Waals surface area contributed by atoms with Crippen molar-refractivity contribution in [1.29, 1.82) is 0 Å². The molecule has 0 radical (unpaired) electrons. The van der Waals surface area contributed by atoms with Crippen molar-refractivity contribution in [3.8, 4) is 0 Å². The van der Waals surface area contributed by atoms with Crippen LogP contribution in [0.25, 0.3) is 0 Å². The summed E-state index contributed by atoms with van der Waals surface area (Å²) in [6.07, 6.45) is 3.96. The summed E-state index contributed by atoms with van der Waals surface area (Å²) in [5, 5.41) is 3.67. The zero-order chi connectivity index (χ0) is 16.1. The predicted molar refractivity (Wildman–Crippen MR) is 93.0 cm³/mol. The first-order valence-electron chi connectivity index (χ1n) is 7.92. The second kappa shape index (κ2) is 7.47. The van der Waals surface area contributed by atoms with E-state index in [0.717, 1.165) is 38.3 Å². The van der Waals surface area contributed by atoms with E-state index in [2.05, 4.69) is 15.2 Å². The van der Waals surface area contributed by atoms with Crippen LogP contribution >= 0.6 is 11.6 Å². The first-order chi connectivity index (χ1) is 11.2. The van der Waals surface area contributed by atoms with E-state index in [1.807, 2.05) is 24.4 Å². The van der Waals surface area contributed by atoms with Crippen molar-refractivity contribution in [3.05, 3.63) is 59.2 Å². The fraction of sp³-hybridized carbons (Fsp3) is 0.333. The molecule has 23 heavy (non-hydrogen) atoms. The summed E-state index contributed by atoms with van der Waals surface area (Å²) < 4.78 is 0. The Bertz CT molecular complexity index is 637. The molecule has 1 aromatic carbocycles. The third-order valence-corrected chi connectivity index (χ3v) is 4.50. The summed E-state index contributed by atoms with van der Waals surface area (Å²) >= 11 is 5.84. The number of hydrogen-bond acceptors (Lipinski definition) is 3. The summed E-state index contributed by atoms with van der Waals surface area (Å²) in [7, 11) is 0. The first-order valence-corrected chi connectivity index (χ1v) is 8.30. The standard InChI is InChI=1S/C18H20ClN3O/c19-16-6-4-15(5-7-16)18(23)21-13-14-8-11-22(12-9-14)17-3-1-2-10-20-17/h1-7,10,14H,8-9,11-13H2,(H,21,23). The molecule has 0 bridgehead atoms. The molecular formula is C18H20ClN3O. The number of anilines is 1. The van der Waals surface area contributed by atoms with E-state index in [1.165, 1.54) is 0 Å². The number of nitrogens with one attached hydrogen (secondary N) is 1.